The Hall–Kier alpha value is -1.49. The topological polar surface area (TPSA) is 58.1 Å². The summed E-state index contributed by atoms with van der Waals surface area (Å²) in [5.41, 5.74) is 1.06. The number of rotatable bonds is 2. The molecule has 17 heavy (non-hydrogen) atoms. The lowest BCUT2D eigenvalue weighted by Gasteiger charge is -2.26. The van der Waals surface area contributed by atoms with Crippen LogP contribution in [0, 0.1) is 0 Å². The Morgan fingerprint density at radius 2 is 1.88 bits per heavy atom. The molecule has 1 aliphatic rings. The first kappa shape index (κ1) is 12.0. The standard InChI is InChI=1S/C12H18N4O/c1-9(2)10-7-14-11(15-8-10)12(17)16-5-3-13-4-6-16/h7-9,13H,3-6H2,1-2H3. The normalized spacial score (nSPS) is 16.3. The molecule has 92 valence electrons. The fourth-order valence-electron chi connectivity index (χ4n) is 1.76. The summed E-state index contributed by atoms with van der Waals surface area (Å²) in [5.74, 6) is 0.622. The first-order chi connectivity index (χ1) is 8.18. The number of amides is 1. The average molecular weight is 234 g/mol. The second kappa shape index (κ2) is 5.23. The van der Waals surface area contributed by atoms with E-state index in [-0.39, 0.29) is 5.91 Å². The van der Waals surface area contributed by atoms with Crippen molar-refractivity contribution in [1.29, 1.82) is 0 Å². The molecule has 0 spiro atoms. The van der Waals surface area contributed by atoms with E-state index in [0.717, 1.165) is 31.7 Å². The van der Waals surface area contributed by atoms with Gasteiger partial charge in [-0.3, -0.25) is 4.79 Å². The second-order valence-electron chi connectivity index (χ2n) is 4.54. The Morgan fingerprint density at radius 1 is 1.29 bits per heavy atom. The summed E-state index contributed by atoms with van der Waals surface area (Å²) in [6.45, 7) is 7.31. The number of carbonyl (C=O) groups is 1. The van der Waals surface area contributed by atoms with Gasteiger partial charge in [0.15, 0.2) is 0 Å². The molecule has 1 aromatic rings. The summed E-state index contributed by atoms with van der Waals surface area (Å²) in [7, 11) is 0. The lowest BCUT2D eigenvalue weighted by atomic mass is 10.1. The fourth-order valence-corrected chi connectivity index (χ4v) is 1.76. The average Bonchev–Trinajstić information content (AvgIpc) is 2.39. The van der Waals surface area contributed by atoms with Gasteiger partial charge < -0.3 is 10.2 Å². The van der Waals surface area contributed by atoms with Crippen molar-refractivity contribution in [2.75, 3.05) is 26.2 Å². The monoisotopic (exact) mass is 234 g/mol. The third-order valence-electron chi connectivity index (χ3n) is 2.93. The Balaban J connectivity index is 2.08. The van der Waals surface area contributed by atoms with Gasteiger partial charge in [-0.15, -0.1) is 0 Å². The molecular weight excluding hydrogens is 216 g/mol. The highest BCUT2D eigenvalue weighted by molar-refractivity contribution is 5.90. The van der Waals surface area contributed by atoms with Crippen LogP contribution < -0.4 is 5.32 Å². The molecule has 2 rings (SSSR count). The summed E-state index contributed by atoms with van der Waals surface area (Å²) in [4.78, 5) is 22.2. The molecule has 0 aromatic carbocycles. The molecule has 0 saturated carbocycles. The van der Waals surface area contributed by atoms with Gasteiger partial charge in [0.2, 0.25) is 5.82 Å². The fraction of sp³-hybridized carbons (Fsp3) is 0.583. The van der Waals surface area contributed by atoms with Crippen LogP contribution in [-0.4, -0.2) is 47.0 Å². The maximum atomic E-state index is 12.1. The Labute approximate surface area is 101 Å². The highest BCUT2D eigenvalue weighted by Crippen LogP contribution is 2.11. The highest BCUT2D eigenvalue weighted by Gasteiger charge is 2.20. The molecule has 0 radical (unpaired) electrons. The maximum Gasteiger partial charge on any atom is 0.291 e. The molecule has 1 aromatic heterocycles. The smallest absolute Gasteiger partial charge is 0.291 e. The quantitative estimate of drug-likeness (QED) is 0.816. The number of nitrogens with zero attached hydrogens (tertiary/aromatic N) is 3. The van der Waals surface area contributed by atoms with Crippen molar-refractivity contribution in [3.63, 3.8) is 0 Å². The first-order valence-electron chi connectivity index (χ1n) is 6.00. The van der Waals surface area contributed by atoms with Gasteiger partial charge in [0.25, 0.3) is 5.91 Å². The minimum atomic E-state index is -0.0678. The van der Waals surface area contributed by atoms with Crippen molar-refractivity contribution in [2.45, 2.75) is 19.8 Å². The number of hydrogen-bond donors (Lipinski definition) is 1. The van der Waals surface area contributed by atoms with Gasteiger partial charge in [-0.1, -0.05) is 13.8 Å². The van der Waals surface area contributed by atoms with E-state index in [0.29, 0.717) is 11.7 Å². The zero-order chi connectivity index (χ0) is 12.3. The van der Waals surface area contributed by atoms with Crippen molar-refractivity contribution < 1.29 is 4.79 Å². The van der Waals surface area contributed by atoms with E-state index in [1.54, 1.807) is 17.3 Å². The molecule has 5 heteroatoms. The number of nitrogens with one attached hydrogen (secondary N) is 1. The van der Waals surface area contributed by atoms with Crippen LogP contribution in [0.5, 0.6) is 0 Å². The van der Waals surface area contributed by atoms with E-state index >= 15 is 0 Å². The van der Waals surface area contributed by atoms with Crippen molar-refractivity contribution in [1.82, 2.24) is 20.2 Å². The van der Waals surface area contributed by atoms with Crippen LogP contribution >= 0.6 is 0 Å². The lowest BCUT2D eigenvalue weighted by Crippen LogP contribution is -2.46. The van der Waals surface area contributed by atoms with Crippen LogP contribution in [0.4, 0.5) is 0 Å². The molecule has 1 amide bonds. The van der Waals surface area contributed by atoms with Crippen molar-refractivity contribution in [3.8, 4) is 0 Å². The van der Waals surface area contributed by atoms with Gasteiger partial charge in [-0.05, 0) is 11.5 Å². The van der Waals surface area contributed by atoms with Crippen LogP contribution in [0.25, 0.3) is 0 Å². The predicted octanol–water partition coefficient (Wildman–Crippen LogP) is 0.645. The molecule has 2 heterocycles. The van der Waals surface area contributed by atoms with Crippen LogP contribution in [-0.2, 0) is 0 Å². The van der Waals surface area contributed by atoms with Gasteiger partial charge in [0, 0.05) is 38.6 Å². The second-order valence-corrected chi connectivity index (χ2v) is 4.54. The molecule has 0 unspecified atom stereocenters. The molecule has 0 aliphatic carbocycles. The third kappa shape index (κ3) is 2.79. The molecule has 0 bridgehead atoms. The molecule has 1 saturated heterocycles. The van der Waals surface area contributed by atoms with Crippen LogP contribution in [0.1, 0.15) is 35.9 Å². The van der Waals surface area contributed by atoms with Crippen molar-refractivity contribution >= 4 is 5.91 Å². The summed E-state index contributed by atoms with van der Waals surface area (Å²) in [6.07, 6.45) is 3.49. The van der Waals surface area contributed by atoms with E-state index in [1.165, 1.54) is 0 Å². The van der Waals surface area contributed by atoms with Crippen LogP contribution in [0.2, 0.25) is 0 Å². The summed E-state index contributed by atoms with van der Waals surface area (Å²) >= 11 is 0. The van der Waals surface area contributed by atoms with E-state index in [4.69, 9.17) is 0 Å². The summed E-state index contributed by atoms with van der Waals surface area (Å²) in [6, 6.07) is 0. The number of piperazine rings is 1. The van der Waals surface area contributed by atoms with Gasteiger partial charge in [0.1, 0.15) is 0 Å². The van der Waals surface area contributed by atoms with Crippen molar-refractivity contribution in [2.24, 2.45) is 0 Å². The minimum Gasteiger partial charge on any atom is -0.333 e. The Bertz CT molecular complexity index is 382. The molecule has 5 nitrogen and oxygen atoms in total. The van der Waals surface area contributed by atoms with Gasteiger partial charge in [0.05, 0.1) is 0 Å². The summed E-state index contributed by atoms with van der Waals surface area (Å²) < 4.78 is 0. The maximum absolute atomic E-state index is 12.1. The predicted molar refractivity (Wildman–Crippen MR) is 64.9 cm³/mol. The van der Waals surface area contributed by atoms with Gasteiger partial charge in [-0.2, -0.15) is 0 Å². The minimum absolute atomic E-state index is 0.0678. The zero-order valence-corrected chi connectivity index (χ0v) is 10.3. The summed E-state index contributed by atoms with van der Waals surface area (Å²) in [5, 5.41) is 3.21. The molecule has 1 fully saturated rings. The van der Waals surface area contributed by atoms with Crippen LogP contribution in [0.15, 0.2) is 12.4 Å². The molecular formula is C12H18N4O. The number of hydrogen-bond acceptors (Lipinski definition) is 4. The Morgan fingerprint density at radius 3 is 2.41 bits per heavy atom. The van der Waals surface area contributed by atoms with E-state index in [1.807, 2.05) is 0 Å². The molecule has 0 atom stereocenters. The lowest BCUT2D eigenvalue weighted by molar-refractivity contribution is 0.0723. The van der Waals surface area contributed by atoms with Gasteiger partial charge >= 0.3 is 0 Å². The van der Waals surface area contributed by atoms with E-state index in [9.17, 15) is 4.79 Å². The number of aromatic nitrogens is 2. The Kier molecular flexibility index (Phi) is 3.68. The highest BCUT2D eigenvalue weighted by atomic mass is 16.2. The third-order valence-corrected chi connectivity index (χ3v) is 2.93. The first-order valence-corrected chi connectivity index (χ1v) is 6.00. The van der Waals surface area contributed by atoms with Crippen LogP contribution in [0.3, 0.4) is 0 Å². The van der Waals surface area contributed by atoms with E-state index in [2.05, 4.69) is 29.1 Å². The van der Waals surface area contributed by atoms with Gasteiger partial charge in [-0.25, -0.2) is 9.97 Å². The van der Waals surface area contributed by atoms with E-state index < -0.39 is 0 Å². The van der Waals surface area contributed by atoms with Crippen molar-refractivity contribution in [3.05, 3.63) is 23.8 Å². The molecule has 1 aliphatic heterocycles. The SMILES string of the molecule is CC(C)c1cnc(C(=O)N2CCNCC2)nc1. The number of carbonyl (C=O) groups excluding carboxylic acids is 1. The largest absolute Gasteiger partial charge is 0.333 e. The molecule has 1 N–H and O–H groups in total. The zero-order valence-electron chi connectivity index (χ0n) is 10.3.